The molecule has 5 aromatic carbocycles. The molecule has 7 heteroatoms. The van der Waals surface area contributed by atoms with Crippen molar-refractivity contribution < 1.29 is 25.8 Å². The van der Waals surface area contributed by atoms with Gasteiger partial charge in [-0.1, -0.05) is 104 Å². The Labute approximate surface area is 345 Å². The van der Waals surface area contributed by atoms with Crippen LogP contribution in [0.3, 0.4) is 0 Å². The third-order valence-corrected chi connectivity index (χ3v) is 11.4. The number of ether oxygens (including phenoxy) is 1. The van der Waals surface area contributed by atoms with Crippen molar-refractivity contribution >= 4 is 44.6 Å². The summed E-state index contributed by atoms with van der Waals surface area (Å²) in [4.78, 5) is 4.86. The molecule has 0 radical (unpaired) electrons. The van der Waals surface area contributed by atoms with Gasteiger partial charge in [0.05, 0.1) is 17.3 Å². The van der Waals surface area contributed by atoms with Crippen LogP contribution in [-0.4, -0.2) is 9.55 Å². The Kier molecular flexibility index (Phi) is 8.61. The molecule has 0 amide bonds. The molecule has 9 rings (SSSR count). The summed E-state index contributed by atoms with van der Waals surface area (Å²) in [7, 11) is 0. The van der Waals surface area contributed by atoms with E-state index in [-0.39, 0.29) is 37.3 Å². The van der Waals surface area contributed by atoms with Crippen molar-refractivity contribution in [2.75, 3.05) is 0 Å². The number of rotatable bonds is 5. The molecule has 7 aromatic rings. The smallest absolute Gasteiger partial charge is 0.225 e. The molecular weight excluding hydrogens is 870 g/mol. The van der Waals surface area contributed by atoms with E-state index in [1.54, 1.807) is 0 Å². The minimum absolute atomic E-state index is 0. The predicted octanol–water partition coefficient (Wildman–Crippen LogP) is 12.7. The molecule has 6 nitrogen and oxygen atoms in total. The molecule has 1 saturated heterocycles. The number of pyridine rings is 1. The Hall–Kier alpha value is -5.05. The number of hydrogen-bond acceptors (Lipinski definition) is 3. The second kappa shape index (κ2) is 12.7. The van der Waals surface area contributed by atoms with Crippen LogP contribution in [0.5, 0.6) is 11.5 Å². The van der Waals surface area contributed by atoms with Crippen molar-refractivity contribution in [3.05, 3.63) is 150 Å². The van der Waals surface area contributed by atoms with E-state index in [1.165, 1.54) is 16.9 Å². The first-order valence-corrected chi connectivity index (χ1v) is 19.0. The number of hydrogen-bond donors (Lipinski definition) is 0. The fourth-order valence-corrected chi connectivity index (χ4v) is 8.23. The molecule has 1 unspecified atom stereocenters. The molecule has 56 heavy (non-hydrogen) atoms. The Morgan fingerprint density at radius 2 is 1.32 bits per heavy atom. The fourth-order valence-electron chi connectivity index (χ4n) is 8.23. The Morgan fingerprint density at radius 3 is 2.02 bits per heavy atom. The van der Waals surface area contributed by atoms with Crippen LogP contribution in [-0.2, 0) is 37.3 Å². The molecule has 0 N–H and O–H groups in total. The molecule has 284 valence electrons. The largest absolute Gasteiger partial charge is 0.509 e. The summed E-state index contributed by atoms with van der Waals surface area (Å²) < 4.78 is 9.96. The first-order chi connectivity index (χ1) is 26.0. The van der Waals surface area contributed by atoms with E-state index < -0.39 is 0 Å². The molecule has 2 atom stereocenters. The van der Waals surface area contributed by atoms with Gasteiger partial charge in [-0.3, -0.25) is 0 Å². The van der Waals surface area contributed by atoms with E-state index in [2.05, 4.69) is 177 Å². The number of benzene rings is 5. The third kappa shape index (κ3) is 5.66. The van der Waals surface area contributed by atoms with Gasteiger partial charge in [0, 0.05) is 68.5 Å². The first-order valence-electron chi connectivity index (χ1n) is 19.0. The SMILES string of the molecule is CC(C)(C)c1cc(Oc2[c-]c3c(cc2)c2ccccc2n3-c2cc(C(C)(C)C)ccn2)[c-]c([N+]23[CH-][N@+]2(c2cc(C#N)cc(C(C)(C)C)c2)c2ccccc23)c1.[Pt]. The van der Waals surface area contributed by atoms with Crippen LogP contribution in [0.2, 0.25) is 0 Å². The van der Waals surface area contributed by atoms with Gasteiger partial charge in [0.25, 0.3) is 0 Å². The van der Waals surface area contributed by atoms with Gasteiger partial charge in [-0.05, 0) is 57.0 Å². The van der Waals surface area contributed by atoms with Crippen LogP contribution < -0.4 is 13.9 Å². The van der Waals surface area contributed by atoms with Crippen LogP contribution in [0.25, 0.3) is 27.6 Å². The van der Waals surface area contributed by atoms with E-state index in [9.17, 15) is 5.26 Å². The van der Waals surface area contributed by atoms with Gasteiger partial charge in [0.2, 0.25) is 11.4 Å². The molecule has 0 aliphatic carbocycles. The average Bonchev–Trinajstić information content (AvgIpc) is 3.64. The molecule has 0 bridgehead atoms. The number of fused-ring (bicyclic) bond motifs is 7. The zero-order chi connectivity index (χ0) is 38.7. The summed E-state index contributed by atoms with van der Waals surface area (Å²) in [5.41, 5.74) is 10.3. The van der Waals surface area contributed by atoms with E-state index in [0.29, 0.717) is 26.2 Å². The molecule has 0 saturated carbocycles. The molecule has 1 fully saturated rings. The van der Waals surface area contributed by atoms with Crippen molar-refractivity contribution in [2.45, 2.75) is 78.6 Å². The van der Waals surface area contributed by atoms with Gasteiger partial charge in [-0.15, -0.1) is 35.2 Å². The van der Waals surface area contributed by atoms with Gasteiger partial charge in [0.1, 0.15) is 5.82 Å². The van der Waals surface area contributed by atoms with E-state index >= 15 is 0 Å². The van der Waals surface area contributed by atoms with Crippen LogP contribution in [0.15, 0.2) is 109 Å². The topological polar surface area (TPSA) is 50.8 Å². The summed E-state index contributed by atoms with van der Waals surface area (Å²) in [5, 5.41) is 12.4. The maximum Gasteiger partial charge on any atom is 0.225 e. The zero-order valence-electron chi connectivity index (χ0n) is 33.4. The Morgan fingerprint density at radius 1 is 0.661 bits per heavy atom. The maximum absolute atomic E-state index is 10.1. The number of quaternary nitrogens is 2. The minimum Gasteiger partial charge on any atom is -0.509 e. The molecule has 2 aliphatic rings. The summed E-state index contributed by atoms with van der Waals surface area (Å²) in [5.74, 6) is 2.09. The molecular formula is C49H46N5OPt-. The minimum atomic E-state index is -0.166. The normalized spacial score (nSPS) is 18.7. The van der Waals surface area contributed by atoms with E-state index in [0.717, 1.165) is 50.1 Å². The number of nitriles is 1. The monoisotopic (exact) mass is 915 g/mol. The maximum atomic E-state index is 10.1. The van der Waals surface area contributed by atoms with Crippen molar-refractivity contribution in [1.29, 1.82) is 5.26 Å². The van der Waals surface area contributed by atoms with Crippen LogP contribution in [0, 0.1) is 30.1 Å². The van der Waals surface area contributed by atoms with Gasteiger partial charge in [-0.2, -0.15) is 15.9 Å². The molecule has 2 aromatic heterocycles. The van der Waals surface area contributed by atoms with Gasteiger partial charge >= 0.3 is 0 Å². The quantitative estimate of drug-likeness (QED) is 0.0982. The van der Waals surface area contributed by atoms with Crippen molar-refractivity contribution in [3.8, 4) is 23.4 Å². The summed E-state index contributed by atoms with van der Waals surface area (Å²) in [6, 6.07) is 46.0. The molecule has 4 heterocycles. The second-order valence-electron chi connectivity index (χ2n) is 18.2. The number of para-hydroxylation sites is 3. The first kappa shape index (κ1) is 37.9. The van der Waals surface area contributed by atoms with Crippen molar-refractivity contribution in [2.24, 2.45) is 0 Å². The van der Waals surface area contributed by atoms with E-state index in [4.69, 9.17) is 9.72 Å². The summed E-state index contributed by atoms with van der Waals surface area (Å²) in [6.07, 6.45) is 1.90. The fraction of sp³-hybridized carbons (Fsp3) is 0.245. The number of nitrogens with zero attached hydrogens (tertiary/aromatic N) is 5. The second-order valence-corrected chi connectivity index (χ2v) is 18.2. The number of aromatic nitrogens is 2. The van der Waals surface area contributed by atoms with Gasteiger partial charge in [-0.25, -0.2) is 9.58 Å². The zero-order valence-corrected chi connectivity index (χ0v) is 35.7. The predicted molar refractivity (Wildman–Crippen MR) is 224 cm³/mol. The molecule has 0 spiro atoms. The standard InChI is InChI=1S/C49H46N5O.Pt/c1-47(2,3)33-20-21-51-46(27-33)52-42-15-11-10-14-40(42)41-19-18-38(29-43(41)52)55-39-26-35(49(7,8)9)25-37(28-39)54-31-53(54,44-16-12-13-17-45(44)54)36-23-32(30-50)22-34(24-36)48(4,5)6;/h10-27,31H,1-9H3;/q-1;/t53-,54?;/m0./s1. The van der Waals surface area contributed by atoms with Crippen LogP contribution >= 0.6 is 0 Å². The average molecular weight is 916 g/mol. The summed E-state index contributed by atoms with van der Waals surface area (Å²) >= 11 is 0. The van der Waals surface area contributed by atoms with Crippen LogP contribution in [0.1, 0.15) is 84.6 Å². The van der Waals surface area contributed by atoms with Gasteiger partial charge in [0.15, 0.2) is 12.4 Å². The van der Waals surface area contributed by atoms with Crippen molar-refractivity contribution in [1.82, 2.24) is 18.7 Å². The Balaban J connectivity index is 0.00000441. The Bertz CT molecular complexity index is 2760. The third-order valence-electron chi connectivity index (χ3n) is 11.4. The van der Waals surface area contributed by atoms with E-state index in [1.807, 2.05) is 24.4 Å². The molecule has 2 aliphatic heterocycles. The van der Waals surface area contributed by atoms with Crippen molar-refractivity contribution in [3.63, 3.8) is 0 Å². The van der Waals surface area contributed by atoms with Gasteiger partial charge < -0.3 is 9.30 Å². The summed E-state index contributed by atoms with van der Waals surface area (Å²) in [6.45, 7) is 22.3. The van der Waals surface area contributed by atoms with Crippen LogP contribution in [0.4, 0.5) is 22.7 Å².